The summed E-state index contributed by atoms with van der Waals surface area (Å²) in [5, 5.41) is 6.62. The van der Waals surface area contributed by atoms with Crippen molar-refractivity contribution in [2.45, 2.75) is 19.3 Å². The van der Waals surface area contributed by atoms with Crippen LogP contribution in [0.2, 0.25) is 0 Å². The van der Waals surface area contributed by atoms with Crippen LogP contribution in [0.3, 0.4) is 0 Å². The van der Waals surface area contributed by atoms with Gasteiger partial charge in [-0.2, -0.15) is 0 Å². The Bertz CT molecular complexity index is 289. The first-order chi connectivity index (χ1) is 10.3. The van der Waals surface area contributed by atoms with Gasteiger partial charge in [-0.3, -0.25) is 4.99 Å². The van der Waals surface area contributed by atoms with Crippen LogP contribution < -0.4 is 10.6 Å². The first kappa shape index (κ1) is 21.9. The molecule has 0 bridgehead atoms. The van der Waals surface area contributed by atoms with E-state index in [-0.39, 0.29) is 24.0 Å². The highest BCUT2D eigenvalue weighted by atomic mass is 127. The Labute approximate surface area is 152 Å². The number of hydrogen-bond donors (Lipinski definition) is 2. The van der Waals surface area contributed by atoms with E-state index in [1.165, 1.54) is 12.8 Å². The molecule has 7 heteroatoms. The topological polar surface area (TPSA) is 58.1 Å². The predicted octanol–water partition coefficient (Wildman–Crippen LogP) is 1.16. The molecule has 0 aromatic carbocycles. The molecule has 0 heterocycles. The van der Waals surface area contributed by atoms with E-state index in [1.54, 1.807) is 14.2 Å². The van der Waals surface area contributed by atoms with Crippen LogP contribution in [0.15, 0.2) is 4.99 Å². The van der Waals surface area contributed by atoms with Gasteiger partial charge in [0.15, 0.2) is 5.96 Å². The average molecular weight is 428 g/mol. The van der Waals surface area contributed by atoms with Gasteiger partial charge in [0.2, 0.25) is 0 Å². The highest BCUT2D eigenvalue weighted by Crippen LogP contribution is 2.28. The van der Waals surface area contributed by atoms with Crippen molar-refractivity contribution in [3.8, 4) is 0 Å². The Morgan fingerprint density at radius 2 is 1.91 bits per heavy atom. The fourth-order valence-corrected chi connectivity index (χ4v) is 1.86. The lowest BCUT2D eigenvalue weighted by Gasteiger charge is -2.17. The number of nitrogens with one attached hydrogen (secondary N) is 2. The van der Waals surface area contributed by atoms with E-state index in [1.807, 2.05) is 0 Å². The maximum atomic E-state index is 5.60. The van der Waals surface area contributed by atoms with Crippen molar-refractivity contribution in [3.05, 3.63) is 0 Å². The van der Waals surface area contributed by atoms with Gasteiger partial charge in [-0.05, 0) is 32.2 Å². The van der Waals surface area contributed by atoms with Crippen LogP contribution in [-0.2, 0) is 9.47 Å². The summed E-state index contributed by atoms with van der Waals surface area (Å²) in [6, 6.07) is 0. The second kappa shape index (κ2) is 14.5. The molecule has 0 spiro atoms. The zero-order valence-electron chi connectivity index (χ0n) is 14.3. The number of aliphatic imine (C=N–C) groups is 1. The second-order valence-corrected chi connectivity index (χ2v) is 5.59. The van der Waals surface area contributed by atoms with Crippen LogP contribution in [0.1, 0.15) is 19.3 Å². The summed E-state index contributed by atoms with van der Waals surface area (Å²) in [7, 11) is 5.62. The molecule has 1 aliphatic carbocycles. The number of methoxy groups -OCH3 is 1. The molecule has 0 amide bonds. The van der Waals surface area contributed by atoms with Gasteiger partial charge in [-0.15, -0.1) is 24.0 Å². The Morgan fingerprint density at radius 3 is 2.55 bits per heavy atom. The van der Waals surface area contributed by atoms with Crippen molar-refractivity contribution in [1.82, 2.24) is 15.5 Å². The lowest BCUT2D eigenvalue weighted by Crippen LogP contribution is -2.41. The molecule has 6 nitrogen and oxygen atoms in total. The van der Waals surface area contributed by atoms with Crippen LogP contribution >= 0.6 is 24.0 Å². The lowest BCUT2D eigenvalue weighted by atomic mass is 10.4. The first-order valence-corrected chi connectivity index (χ1v) is 7.96. The van der Waals surface area contributed by atoms with Gasteiger partial charge in [0.1, 0.15) is 0 Å². The van der Waals surface area contributed by atoms with E-state index in [4.69, 9.17) is 9.47 Å². The molecule has 0 radical (unpaired) electrons. The molecule has 0 aliphatic heterocycles. The zero-order valence-corrected chi connectivity index (χ0v) is 16.6. The van der Waals surface area contributed by atoms with Gasteiger partial charge in [-0.1, -0.05) is 0 Å². The highest BCUT2D eigenvalue weighted by molar-refractivity contribution is 14.0. The summed E-state index contributed by atoms with van der Waals surface area (Å²) in [5.41, 5.74) is 0. The Morgan fingerprint density at radius 1 is 1.18 bits per heavy atom. The van der Waals surface area contributed by atoms with E-state index in [9.17, 15) is 0 Å². The molecule has 0 aromatic rings. The van der Waals surface area contributed by atoms with Crippen LogP contribution in [0, 0.1) is 5.92 Å². The normalized spacial score (nSPS) is 14.8. The SMILES string of the molecule is CN=C(NCCCOCC1CC1)NCCN(C)CCOC.I. The van der Waals surface area contributed by atoms with Crippen LogP contribution in [0.5, 0.6) is 0 Å². The smallest absolute Gasteiger partial charge is 0.191 e. The summed E-state index contributed by atoms with van der Waals surface area (Å²) in [5.74, 6) is 1.71. The molecule has 1 rings (SSSR count). The molecule has 1 fully saturated rings. The fraction of sp³-hybridized carbons (Fsp3) is 0.933. The molecule has 2 N–H and O–H groups in total. The van der Waals surface area contributed by atoms with Crippen molar-refractivity contribution in [3.63, 3.8) is 0 Å². The monoisotopic (exact) mass is 428 g/mol. The summed E-state index contributed by atoms with van der Waals surface area (Å²) >= 11 is 0. The summed E-state index contributed by atoms with van der Waals surface area (Å²) in [4.78, 5) is 6.45. The lowest BCUT2D eigenvalue weighted by molar-refractivity contribution is 0.123. The number of rotatable bonds is 12. The van der Waals surface area contributed by atoms with E-state index < -0.39 is 0 Å². The number of hydrogen-bond acceptors (Lipinski definition) is 4. The third kappa shape index (κ3) is 12.4. The highest BCUT2D eigenvalue weighted by Gasteiger charge is 2.20. The summed E-state index contributed by atoms with van der Waals surface area (Å²) in [6.45, 7) is 6.23. The molecular formula is C15H33IN4O2. The largest absolute Gasteiger partial charge is 0.383 e. The minimum absolute atomic E-state index is 0. The van der Waals surface area contributed by atoms with Crippen molar-refractivity contribution in [2.24, 2.45) is 10.9 Å². The van der Waals surface area contributed by atoms with E-state index >= 15 is 0 Å². The average Bonchev–Trinajstić information content (AvgIpc) is 3.30. The number of halogens is 1. The molecule has 0 unspecified atom stereocenters. The molecule has 1 aliphatic rings. The third-order valence-corrected chi connectivity index (χ3v) is 3.50. The number of ether oxygens (including phenoxy) is 2. The van der Waals surface area contributed by atoms with Gasteiger partial charge in [0.05, 0.1) is 6.61 Å². The number of nitrogens with zero attached hydrogens (tertiary/aromatic N) is 2. The van der Waals surface area contributed by atoms with Crippen molar-refractivity contribution >= 4 is 29.9 Å². The predicted molar refractivity (Wildman–Crippen MR) is 102 cm³/mol. The standard InChI is InChI=1S/C15H32N4O2.HI/c1-16-15(18-8-9-19(2)10-12-20-3)17-7-4-11-21-13-14-5-6-14;/h14H,4-13H2,1-3H3,(H2,16,17,18);1H. The summed E-state index contributed by atoms with van der Waals surface area (Å²) in [6.07, 6.45) is 3.72. The minimum atomic E-state index is 0. The molecule has 132 valence electrons. The molecule has 0 atom stereocenters. The minimum Gasteiger partial charge on any atom is -0.383 e. The first-order valence-electron chi connectivity index (χ1n) is 7.96. The molecule has 1 saturated carbocycles. The Hall–Kier alpha value is -0.120. The van der Waals surface area contributed by atoms with E-state index in [2.05, 4.69) is 27.6 Å². The van der Waals surface area contributed by atoms with Gasteiger partial charge in [0.25, 0.3) is 0 Å². The Balaban J connectivity index is 0.00000441. The van der Waals surface area contributed by atoms with Gasteiger partial charge >= 0.3 is 0 Å². The molecular weight excluding hydrogens is 395 g/mol. The maximum absolute atomic E-state index is 5.60. The quantitative estimate of drug-likeness (QED) is 0.212. The van der Waals surface area contributed by atoms with Crippen molar-refractivity contribution < 1.29 is 9.47 Å². The second-order valence-electron chi connectivity index (χ2n) is 5.59. The Kier molecular flexibility index (Phi) is 14.4. The van der Waals surface area contributed by atoms with Crippen molar-refractivity contribution in [2.75, 3.05) is 67.2 Å². The van der Waals surface area contributed by atoms with E-state index in [0.29, 0.717) is 0 Å². The molecule has 0 aromatic heterocycles. The fourth-order valence-electron chi connectivity index (χ4n) is 1.86. The molecule has 0 saturated heterocycles. The van der Waals surface area contributed by atoms with Gasteiger partial charge in [0, 0.05) is 53.6 Å². The van der Waals surface area contributed by atoms with Crippen molar-refractivity contribution in [1.29, 1.82) is 0 Å². The summed E-state index contributed by atoms with van der Waals surface area (Å²) < 4.78 is 10.7. The van der Waals surface area contributed by atoms with Crippen LogP contribution in [0.25, 0.3) is 0 Å². The van der Waals surface area contributed by atoms with Crippen LogP contribution in [0.4, 0.5) is 0 Å². The zero-order chi connectivity index (χ0) is 15.3. The number of guanidine groups is 1. The van der Waals surface area contributed by atoms with Gasteiger partial charge < -0.3 is 25.0 Å². The maximum Gasteiger partial charge on any atom is 0.191 e. The molecule has 22 heavy (non-hydrogen) atoms. The third-order valence-electron chi connectivity index (χ3n) is 3.50. The van der Waals surface area contributed by atoms with Gasteiger partial charge in [-0.25, -0.2) is 0 Å². The number of likely N-dealkylation sites (N-methyl/N-ethyl adjacent to an activating group) is 1. The van der Waals surface area contributed by atoms with Crippen LogP contribution in [-0.4, -0.2) is 78.1 Å². The van der Waals surface area contributed by atoms with E-state index in [0.717, 1.165) is 64.3 Å².